The van der Waals surface area contributed by atoms with Crippen LogP contribution in [0.15, 0.2) is 36.4 Å². The molecule has 0 saturated carbocycles. The first-order valence-corrected chi connectivity index (χ1v) is 5.26. The van der Waals surface area contributed by atoms with Crippen molar-refractivity contribution >= 4 is 16.6 Å². The molecular weight excluding hydrogens is 198 g/mol. The Morgan fingerprint density at radius 1 is 1.12 bits per heavy atom. The fraction of sp³-hybridized carbons (Fsp3) is 0.214. The summed E-state index contributed by atoms with van der Waals surface area (Å²) in [6.07, 6.45) is 0. The van der Waals surface area contributed by atoms with E-state index in [0.717, 1.165) is 5.56 Å². The lowest BCUT2D eigenvalue weighted by molar-refractivity contribution is 0.101. The number of Topliss-reactive ketones (excluding diaryl/α,β-unsaturated/α-hetero) is 1. The Bertz CT molecular complexity index is 503. The van der Waals surface area contributed by atoms with E-state index in [1.807, 2.05) is 24.3 Å². The number of benzene rings is 2. The lowest BCUT2D eigenvalue weighted by Gasteiger charge is -2.03. The molecule has 0 spiro atoms. The minimum atomic E-state index is 0.121. The summed E-state index contributed by atoms with van der Waals surface area (Å²) in [5.74, 6) is 0.121. The number of carbonyl (C=O) groups is 1. The van der Waals surface area contributed by atoms with Gasteiger partial charge in [0.05, 0.1) is 0 Å². The van der Waals surface area contributed by atoms with Crippen LogP contribution in [0.25, 0.3) is 10.8 Å². The van der Waals surface area contributed by atoms with Crippen molar-refractivity contribution in [3.8, 4) is 0 Å². The van der Waals surface area contributed by atoms with E-state index in [1.54, 1.807) is 6.92 Å². The number of hydrogen-bond donors (Lipinski definition) is 1. The zero-order chi connectivity index (χ0) is 12.1. The van der Waals surface area contributed by atoms with Gasteiger partial charge in [0.2, 0.25) is 0 Å². The van der Waals surface area contributed by atoms with Crippen LogP contribution in [0.1, 0.15) is 22.8 Å². The van der Waals surface area contributed by atoms with Gasteiger partial charge in [-0.2, -0.15) is 0 Å². The third kappa shape index (κ3) is 2.47. The Hall–Kier alpha value is -1.67. The molecule has 0 fully saturated rings. The monoisotopic (exact) mass is 215 g/mol. The van der Waals surface area contributed by atoms with Gasteiger partial charge in [0.25, 0.3) is 0 Å². The second kappa shape index (κ2) is 5.42. The number of aryl methyl sites for hydroxylation is 1. The van der Waals surface area contributed by atoms with Crippen LogP contribution in [-0.2, 0) is 0 Å². The minimum absolute atomic E-state index is 0.121. The van der Waals surface area contributed by atoms with Gasteiger partial charge in [-0.25, -0.2) is 0 Å². The molecular formula is C14H17NO. The molecule has 2 aromatic carbocycles. The van der Waals surface area contributed by atoms with Gasteiger partial charge in [-0.05, 0) is 43.3 Å². The molecule has 0 aliphatic rings. The molecule has 0 unspecified atom stereocenters. The van der Waals surface area contributed by atoms with Gasteiger partial charge in [0.15, 0.2) is 5.78 Å². The Morgan fingerprint density at radius 2 is 1.81 bits per heavy atom. The van der Waals surface area contributed by atoms with Gasteiger partial charge >= 0.3 is 0 Å². The van der Waals surface area contributed by atoms with Gasteiger partial charge in [-0.1, -0.05) is 30.3 Å². The number of hydrogen-bond acceptors (Lipinski definition) is 2. The standard InChI is InChI=1S/C13H12O.CH5N/c1-9-4-3-5-11-6-7-12(10(2)14)8-13(9)11;1-2/h3-8H,1-2H3;2H2,1H3. The average molecular weight is 215 g/mol. The van der Waals surface area contributed by atoms with Gasteiger partial charge in [-0.15, -0.1) is 0 Å². The molecule has 2 N–H and O–H groups in total. The van der Waals surface area contributed by atoms with Crippen molar-refractivity contribution < 1.29 is 4.79 Å². The van der Waals surface area contributed by atoms with E-state index < -0.39 is 0 Å². The third-order valence-corrected chi connectivity index (χ3v) is 2.51. The Labute approximate surface area is 96.1 Å². The predicted octanol–water partition coefficient (Wildman–Crippen LogP) is 2.93. The second-order valence-electron chi connectivity index (χ2n) is 3.57. The normalized spacial score (nSPS) is 9.50. The summed E-state index contributed by atoms with van der Waals surface area (Å²) in [6, 6.07) is 12.0. The molecule has 0 atom stereocenters. The average Bonchev–Trinajstić information content (AvgIpc) is 2.32. The molecule has 0 amide bonds. The molecule has 0 aliphatic carbocycles. The molecule has 2 rings (SSSR count). The van der Waals surface area contributed by atoms with Gasteiger partial charge in [0, 0.05) is 5.56 Å². The highest BCUT2D eigenvalue weighted by molar-refractivity contribution is 5.99. The molecule has 0 radical (unpaired) electrons. The summed E-state index contributed by atoms with van der Waals surface area (Å²) < 4.78 is 0. The maximum atomic E-state index is 11.2. The zero-order valence-corrected chi connectivity index (χ0v) is 9.95. The summed E-state index contributed by atoms with van der Waals surface area (Å²) in [5, 5.41) is 2.36. The summed E-state index contributed by atoms with van der Waals surface area (Å²) in [7, 11) is 1.50. The summed E-state index contributed by atoms with van der Waals surface area (Å²) >= 11 is 0. The highest BCUT2D eigenvalue weighted by Gasteiger charge is 2.01. The van der Waals surface area contributed by atoms with Crippen molar-refractivity contribution in [1.29, 1.82) is 0 Å². The molecule has 0 aromatic heterocycles. The van der Waals surface area contributed by atoms with E-state index in [1.165, 1.54) is 23.4 Å². The highest BCUT2D eigenvalue weighted by atomic mass is 16.1. The van der Waals surface area contributed by atoms with Gasteiger partial charge in [-0.3, -0.25) is 4.79 Å². The number of ketones is 1. The zero-order valence-electron chi connectivity index (χ0n) is 9.95. The predicted molar refractivity (Wildman–Crippen MR) is 68.8 cm³/mol. The van der Waals surface area contributed by atoms with Crippen LogP contribution in [0.5, 0.6) is 0 Å². The summed E-state index contributed by atoms with van der Waals surface area (Å²) in [4.78, 5) is 11.2. The van der Waals surface area contributed by atoms with Crippen molar-refractivity contribution in [2.75, 3.05) is 7.05 Å². The van der Waals surface area contributed by atoms with Crippen molar-refractivity contribution in [1.82, 2.24) is 0 Å². The van der Waals surface area contributed by atoms with Crippen LogP contribution in [0.2, 0.25) is 0 Å². The molecule has 0 heterocycles. The van der Waals surface area contributed by atoms with Crippen molar-refractivity contribution in [3.05, 3.63) is 47.5 Å². The summed E-state index contributed by atoms with van der Waals surface area (Å²) in [5.41, 5.74) is 6.50. The lowest BCUT2D eigenvalue weighted by atomic mass is 10.0. The topological polar surface area (TPSA) is 43.1 Å². The first kappa shape index (κ1) is 12.4. The van der Waals surface area contributed by atoms with Crippen LogP contribution in [0, 0.1) is 6.92 Å². The fourth-order valence-electron chi connectivity index (χ4n) is 1.65. The molecule has 0 bridgehead atoms. The summed E-state index contributed by atoms with van der Waals surface area (Å²) in [6.45, 7) is 3.66. The van der Waals surface area contributed by atoms with Crippen LogP contribution in [0.3, 0.4) is 0 Å². The molecule has 84 valence electrons. The molecule has 2 heteroatoms. The SMILES string of the molecule is CC(=O)c1ccc2cccc(C)c2c1.CN. The Kier molecular flexibility index (Phi) is 4.20. The van der Waals surface area contributed by atoms with E-state index in [2.05, 4.69) is 24.8 Å². The first-order chi connectivity index (χ1) is 7.68. The van der Waals surface area contributed by atoms with Crippen LogP contribution in [-0.4, -0.2) is 12.8 Å². The van der Waals surface area contributed by atoms with Crippen molar-refractivity contribution in [3.63, 3.8) is 0 Å². The third-order valence-electron chi connectivity index (χ3n) is 2.51. The first-order valence-electron chi connectivity index (χ1n) is 5.26. The Morgan fingerprint density at radius 3 is 2.44 bits per heavy atom. The van der Waals surface area contributed by atoms with Crippen LogP contribution in [0.4, 0.5) is 0 Å². The van der Waals surface area contributed by atoms with Gasteiger partial charge in [0.1, 0.15) is 0 Å². The number of nitrogens with two attached hydrogens (primary N) is 1. The Balaban J connectivity index is 0.000000606. The maximum absolute atomic E-state index is 11.2. The smallest absolute Gasteiger partial charge is 0.159 e. The van der Waals surface area contributed by atoms with E-state index in [-0.39, 0.29) is 5.78 Å². The number of fused-ring (bicyclic) bond motifs is 1. The van der Waals surface area contributed by atoms with Gasteiger partial charge < -0.3 is 5.73 Å². The quantitative estimate of drug-likeness (QED) is 0.743. The molecule has 2 nitrogen and oxygen atoms in total. The van der Waals surface area contributed by atoms with Crippen LogP contribution < -0.4 is 5.73 Å². The molecule has 2 aromatic rings. The fourth-order valence-corrected chi connectivity index (χ4v) is 1.65. The van der Waals surface area contributed by atoms with E-state index in [0.29, 0.717) is 0 Å². The molecule has 16 heavy (non-hydrogen) atoms. The maximum Gasteiger partial charge on any atom is 0.159 e. The number of rotatable bonds is 1. The molecule has 0 saturated heterocycles. The molecule has 0 aliphatic heterocycles. The van der Waals surface area contributed by atoms with Crippen molar-refractivity contribution in [2.45, 2.75) is 13.8 Å². The minimum Gasteiger partial charge on any atom is -0.333 e. The highest BCUT2D eigenvalue weighted by Crippen LogP contribution is 2.19. The number of carbonyl (C=O) groups excluding carboxylic acids is 1. The van der Waals surface area contributed by atoms with Crippen LogP contribution >= 0.6 is 0 Å². The second-order valence-corrected chi connectivity index (χ2v) is 3.57. The largest absolute Gasteiger partial charge is 0.333 e. The van der Waals surface area contributed by atoms with E-state index in [4.69, 9.17) is 0 Å². The van der Waals surface area contributed by atoms with E-state index in [9.17, 15) is 4.79 Å². The lowest BCUT2D eigenvalue weighted by Crippen LogP contribution is -1.91. The van der Waals surface area contributed by atoms with E-state index >= 15 is 0 Å². The van der Waals surface area contributed by atoms with Crippen molar-refractivity contribution in [2.24, 2.45) is 5.73 Å².